The molecule has 246 valence electrons. The maximum atomic E-state index is 13.0. The van der Waals surface area contributed by atoms with Crippen LogP contribution in [-0.4, -0.2) is 101 Å². The minimum absolute atomic E-state index is 0.0747. The molecule has 1 atom stereocenters. The lowest BCUT2D eigenvalue weighted by atomic mass is 10.1. The second kappa shape index (κ2) is 20.6. The average Bonchev–Trinajstić information content (AvgIpc) is 3.38. The molecule has 1 heterocycles. The molecule has 0 aromatic heterocycles. The molecule has 1 unspecified atom stereocenters. The lowest BCUT2D eigenvalue weighted by molar-refractivity contribution is -0.129. The van der Waals surface area contributed by atoms with E-state index in [-0.39, 0.29) is 24.9 Å². The van der Waals surface area contributed by atoms with E-state index in [1.807, 2.05) is 38.0 Å². The minimum Gasteiger partial charge on any atom is -0.399 e. The quantitative estimate of drug-likeness (QED) is 0.0660. The molecule has 0 saturated heterocycles. The fraction of sp³-hybridized carbons (Fsp3) is 0.452. The Morgan fingerprint density at radius 2 is 1.78 bits per heavy atom. The van der Waals surface area contributed by atoms with Gasteiger partial charge in [-0.2, -0.15) is 0 Å². The van der Waals surface area contributed by atoms with Crippen LogP contribution in [-0.2, 0) is 30.5 Å². The van der Waals surface area contributed by atoms with E-state index in [1.165, 1.54) is 4.90 Å². The predicted molar refractivity (Wildman–Crippen MR) is 174 cm³/mol. The Morgan fingerprint density at radius 1 is 1.07 bits per heavy atom. The van der Waals surface area contributed by atoms with Crippen LogP contribution in [0.2, 0.25) is 0 Å². The number of nitrogens with one attached hydrogen (secondary N) is 4. The Kier molecular flexibility index (Phi) is 16.8. The summed E-state index contributed by atoms with van der Waals surface area (Å²) in [6.07, 6.45) is 1.40. The number of nitrogens with two attached hydrogens (primary N) is 2. The van der Waals surface area contributed by atoms with Crippen molar-refractivity contribution in [3.8, 4) is 0 Å². The van der Waals surface area contributed by atoms with E-state index >= 15 is 0 Å². The van der Waals surface area contributed by atoms with Crippen LogP contribution in [0.25, 0.3) is 0 Å². The molecule has 1 aliphatic rings. The first kappa shape index (κ1) is 36.8. The first-order valence-electron chi connectivity index (χ1n) is 14.9. The fourth-order valence-corrected chi connectivity index (χ4v) is 4.92. The summed E-state index contributed by atoms with van der Waals surface area (Å²) in [5.41, 5.74) is 15.0. The second-order valence-corrected chi connectivity index (χ2v) is 10.2. The second-order valence-electron chi connectivity index (χ2n) is 10.2. The maximum absolute atomic E-state index is 13.0. The molecule has 0 aliphatic carbocycles. The van der Waals surface area contributed by atoms with Crippen molar-refractivity contribution in [2.45, 2.75) is 32.4 Å². The van der Waals surface area contributed by atoms with E-state index in [4.69, 9.17) is 21.0 Å². The molecule has 0 saturated carbocycles. The summed E-state index contributed by atoms with van der Waals surface area (Å²) < 4.78 is 5.65. The molecule has 8 N–H and O–H groups in total. The average molecular weight is 627 g/mol. The smallest absolute Gasteiger partial charge is 0.255 e. The van der Waals surface area contributed by atoms with Crippen LogP contribution < -0.4 is 37.6 Å². The molecule has 14 nitrogen and oxygen atoms in total. The molecular formula is C31H46N8O6. The largest absolute Gasteiger partial charge is 0.399 e. The molecule has 0 bridgehead atoms. The molecule has 1 aliphatic heterocycles. The van der Waals surface area contributed by atoms with Gasteiger partial charge in [-0.25, -0.2) is 0 Å². The summed E-state index contributed by atoms with van der Waals surface area (Å²) >= 11 is 0. The molecule has 0 radical (unpaired) electrons. The van der Waals surface area contributed by atoms with Crippen molar-refractivity contribution >= 4 is 48.0 Å². The fourth-order valence-electron chi connectivity index (χ4n) is 4.92. The highest BCUT2D eigenvalue weighted by Gasteiger charge is 2.37. The van der Waals surface area contributed by atoms with Crippen molar-refractivity contribution < 1.29 is 28.7 Å². The number of carbonyl (C=O) groups excluding carboxylic acids is 5. The van der Waals surface area contributed by atoms with Crippen LogP contribution in [0.15, 0.2) is 42.5 Å². The molecule has 45 heavy (non-hydrogen) atoms. The predicted octanol–water partition coefficient (Wildman–Crippen LogP) is 0.0806. The number of amides is 4. The number of fused-ring (bicyclic) bond motifs is 1. The van der Waals surface area contributed by atoms with Gasteiger partial charge in [0, 0.05) is 74.0 Å². The van der Waals surface area contributed by atoms with Crippen LogP contribution >= 0.6 is 0 Å². The number of hydrogen-bond acceptors (Lipinski definition) is 11. The summed E-state index contributed by atoms with van der Waals surface area (Å²) in [5, 5.41) is 11.4. The van der Waals surface area contributed by atoms with Crippen molar-refractivity contribution in [1.82, 2.24) is 20.9 Å². The monoisotopic (exact) mass is 626 g/mol. The molecule has 2 aromatic rings. The standard InChI is InChI=1S/C30H44N8O5.CH2O/c1-2-4-27(29(41)35-21-39)38-20-25-24(30(38)42)5-3-6-26(25)36-28(40)19-34-14-18-43-17-13-33-12-16-37(15-11-31)23-9-7-22(32)8-10-23;1-2/h3,5-10,21,27,33-34H,2,4,11-20,31-32H2,1H3,(H,36,40)(H,35,39,41);1H2. The Balaban J connectivity index is 0.00000345. The van der Waals surface area contributed by atoms with E-state index in [0.717, 1.165) is 31.0 Å². The maximum Gasteiger partial charge on any atom is 0.255 e. The van der Waals surface area contributed by atoms with E-state index in [0.29, 0.717) is 68.9 Å². The summed E-state index contributed by atoms with van der Waals surface area (Å²) in [5.74, 6) is -1.08. The summed E-state index contributed by atoms with van der Waals surface area (Å²) in [6, 6.07) is 12.1. The van der Waals surface area contributed by atoms with E-state index in [2.05, 4.69) is 26.2 Å². The molecule has 0 spiro atoms. The van der Waals surface area contributed by atoms with Crippen molar-refractivity contribution in [2.24, 2.45) is 5.73 Å². The number of carbonyl (C=O) groups is 5. The van der Waals surface area contributed by atoms with E-state index in [1.54, 1.807) is 18.2 Å². The van der Waals surface area contributed by atoms with E-state index in [9.17, 15) is 19.2 Å². The van der Waals surface area contributed by atoms with Gasteiger partial charge in [0.05, 0.1) is 19.8 Å². The van der Waals surface area contributed by atoms with Gasteiger partial charge in [0.1, 0.15) is 12.8 Å². The van der Waals surface area contributed by atoms with Gasteiger partial charge >= 0.3 is 0 Å². The Morgan fingerprint density at radius 3 is 2.44 bits per heavy atom. The van der Waals surface area contributed by atoms with Crippen molar-refractivity contribution in [3.05, 3.63) is 53.6 Å². The lowest BCUT2D eigenvalue weighted by Gasteiger charge is -2.25. The molecule has 2 aromatic carbocycles. The molecular weight excluding hydrogens is 580 g/mol. The zero-order valence-corrected chi connectivity index (χ0v) is 25.9. The third-order valence-electron chi connectivity index (χ3n) is 7.06. The van der Waals surface area contributed by atoms with Crippen molar-refractivity contribution in [2.75, 3.05) is 75.0 Å². The normalized spacial score (nSPS) is 12.5. The highest BCUT2D eigenvalue weighted by atomic mass is 16.5. The number of anilines is 3. The third kappa shape index (κ3) is 11.6. The molecule has 0 fully saturated rings. The van der Waals surface area contributed by atoms with Gasteiger partial charge in [-0.15, -0.1) is 0 Å². The van der Waals surface area contributed by atoms with Gasteiger partial charge in [-0.1, -0.05) is 19.4 Å². The first-order valence-corrected chi connectivity index (χ1v) is 14.9. The number of rotatable bonds is 20. The first-order chi connectivity index (χ1) is 21.9. The number of hydrogen-bond donors (Lipinski definition) is 6. The minimum atomic E-state index is -0.768. The Bertz CT molecular complexity index is 1230. The van der Waals surface area contributed by atoms with Gasteiger partial charge in [0.15, 0.2) is 0 Å². The zero-order chi connectivity index (χ0) is 33.0. The highest BCUT2D eigenvalue weighted by Crippen LogP contribution is 2.31. The number of ether oxygens (including phenoxy) is 1. The van der Waals surface area contributed by atoms with Crippen LogP contribution in [0.5, 0.6) is 0 Å². The molecule has 14 heteroatoms. The van der Waals surface area contributed by atoms with Crippen molar-refractivity contribution in [1.29, 1.82) is 0 Å². The van der Waals surface area contributed by atoms with E-state index < -0.39 is 11.9 Å². The summed E-state index contributed by atoms with van der Waals surface area (Å²) in [7, 11) is 0. The molecule has 4 amide bonds. The van der Waals surface area contributed by atoms with Gasteiger partial charge in [-0.05, 0) is 42.8 Å². The topological polar surface area (TPSA) is 201 Å². The van der Waals surface area contributed by atoms with Gasteiger partial charge in [-0.3, -0.25) is 24.5 Å². The van der Waals surface area contributed by atoms with Crippen LogP contribution in [0.3, 0.4) is 0 Å². The zero-order valence-electron chi connectivity index (χ0n) is 25.9. The van der Waals surface area contributed by atoms with Gasteiger partial charge in [0.25, 0.3) is 5.91 Å². The SMILES string of the molecule is C=O.CCCC(C(=O)NC=O)N1Cc2c(NC(=O)CNCCOCCNCCN(CCN)c3ccc(N)cc3)cccc2C1=O. The van der Waals surface area contributed by atoms with Gasteiger partial charge < -0.3 is 46.7 Å². The van der Waals surface area contributed by atoms with Crippen LogP contribution in [0, 0.1) is 0 Å². The Labute approximate surface area is 264 Å². The summed E-state index contributed by atoms with van der Waals surface area (Å²) in [6.45, 7) is 9.24. The number of benzene rings is 2. The third-order valence-corrected chi connectivity index (χ3v) is 7.06. The van der Waals surface area contributed by atoms with Crippen molar-refractivity contribution in [3.63, 3.8) is 0 Å². The number of imide groups is 1. The lowest BCUT2D eigenvalue weighted by Crippen LogP contribution is -2.46. The summed E-state index contributed by atoms with van der Waals surface area (Å²) in [4.78, 5) is 60.5. The number of nitrogens with zero attached hydrogens (tertiary/aromatic N) is 2. The Hall–Kier alpha value is -4.37. The highest BCUT2D eigenvalue weighted by molar-refractivity contribution is 6.04. The number of nitrogen functional groups attached to an aromatic ring is 1. The van der Waals surface area contributed by atoms with Crippen LogP contribution in [0.1, 0.15) is 35.7 Å². The van der Waals surface area contributed by atoms with Gasteiger partial charge in [0.2, 0.25) is 18.2 Å². The van der Waals surface area contributed by atoms with Crippen LogP contribution in [0.4, 0.5) is 17.1 Å². The molecule has 3 rings (SSSR count).